The van der Waals surface area contributed by atoms with Gasteiger partial charge in [0.15, 0.2) is 0 Å². The summed E-state index contributed by atoms with van der Waals surface area (Å²) in [4.78, 5) is 4.02. The van der Waals surface area contributed by atoms with Crippen molar-refractivity contribution in [2.24, 2.45) is 11.1 Å². The van der Waals surface area contributed by atoms with Crippen LogP contribution in [0.5, 0.6) is 0 Å². The molecule has 0 amide bonds. The molecule has 0 aliphatic rings. The minimum absolute atomic E-state index is 0.327. The molecule has 1 heterocycles. The Bertz CT molecular complexity index is 261. The molecule has 0 aromatic carbocycles. The van der Waals surface area contributed by atoms with E-state index in [2.05, 4.69) is 37.9 Å². The van der Waals surface area contributed by atoms with Gasteiger partial charge in [-0.1, -0.05) is 20.8 Å². The summed E-state index contributed by atoms with van der Waals surface area (Å²) in [6.07, 6.45) is 4.79. The van der Waals surface area contributed by atoms with Crippen molar-refractivity contribution in [2.45, 2.75) is 33.1 Å². The molecular weight excluding hydrogens is 172 g/mol. The van der Waals surface area contributed by atoms with Crippen LogP contribution in [0.1, 0.15) is 38.7 Å². The summed E-state index contributed by atoms with van der Waals surface area (Å²) in [7, 11) is 0. The Morgan fingerprint density at radius 3 is 2.29 bits per heavy atom. The number of aromatic nitrogens is 1. The highest BCUT2D eigenvalue weighted by atomic mass is 14.6. The second kappa shape index (κ2) is 4.56. The van der Waals surface area contributed by atoms with Gasteiger partial charge in [-0.05, 0) is 42.0 Å². The number of hydrogen-bond donors (Lipinski definition) is 1. The van der Waals surface area contributed by atoms with Crippen molar-refractivity contribution in [3.63, 3.8) is 0 Å². The lowest BCUT2D eigenvalue weighted by atomic mass is 9.82. The fourth-order valence-electron chi connectivity index (χ4n) is 1.71. The Hall–Kier alpha value is -0.890. The summed E-state index contributed by atoms with van der Waals surface area (Å²) < 4.78 is 0. The molecule has 2 N–H and O–H groups in total. The molecule has 78 valence electrons. The Morgan fingerprint density at radius 2 is 1.86 bits per heavy atom. The van der Waals surface area contributed by atoms with Gasteiger partial charge >= 0.3 is 0 Å². The minimum Gasteiger partial charge on any atom is -0.330 e. The third-order valence-electron chi connectivity index (χ3n) is 2.32. The number of hydrogen-bond acceptors (Lipinski definition) is 2. The van der Waals surface area contributed by atoms with Crippen molar-refractivity contribution in [3.8, 4) is 0 Å². The first-order valence-corrected chi connectivity index (χ1v) is 5.13. The smallest absolute Gasteiger partial charge is 0.0270 e. The van der Waals surface area contributed by atoms with Gasteiger partial charge in [-0.2, -0.15) is 0 Å². The van der Waals surface area contributed by atoms with E-state index < -0.39 is 0 Å². The summed E-state index contributed by atoms with van der Waals surface area (Å²) in [6.45, 7) is 7.45. The predicted molar refractivity (Wildman–Crippen MR) is 60.1 cm³/mol. The fourth-order valence-corrected chi connectivity index (χ4v) is 1.71. The molecule has 0 fully saturated rings. The van der Waals surface area contributed by atoms with Crippen LogP contribution < -0.4 is 5.73 Å². The average Bonchev–Trinajstić information content (AvgIpc) is 2.14. The summed E-state index contributed by atoms with van der Waals surface area (Å²) in [5.41, 5.74) is 7.42. The van der Waals surface area contributed by atoms with Crippen LogP contribution in [-0.2, 0) is 0 Å². The molecule has 14 heavy (non-hydrogen) atoms. The zero-order valence-electron chi connectivity index (χ0n) is 9.33. The maximum atomic E-state index is 5.79. The lowest BCUT2D eigenvalue weighted by molar-refractivity contribution is 0.342. The molecule has 1 aromatic heterocycles. The molecule has 0 bridgehead atoms. The first-order chi connectivity index (χ1) is 6.53. The Kier molecular flexibility index (Phi) is 3.64. The van der Waals surface area contributed by atoms with Crippen LogP contribution in [0.25, 0.3) is 0 Å². The number of rotatable bonds is 3. The Balaban J connectivity index is 2.73. The van der Waals surface area contributed by atoms with Gasteiger partial charge < -0.3 is 5.73 Å². The lowest BCUT2D eigenvalue weighted by Crippen LogP contribution is -2.19. The lowest BCUT2D eigenvalue weighted by Gasteiger charge is -2.25. The van der Waals surface area contributed by atoms with Gasteiger partial charge in [0, 0.05) is 12.4 Å². The number of nitrogens with zero attached hydrogens (tertiary/aromatic N) is 1. The molecule has 0 saturated carbocycles. The Morgan fingerprint density at radius 1 is 1.29 bits per heavy atom. The molecule has 1 rings (SSSR count). The van der Waals surface area contributed by atoms with E-state index in [0.29, 0.717) is 17.9 Å². The molecule has 0 aliphatic carbocycles. The third kappa shape index (κ3) is 3.46. The average molecular weight is 192 g/mol. The maximum absolute atomic E-state index is 5.79. The van der Waals surface area contributed by atoms with Gasteiger partial charge in [0.05, 0.1) is 0 Å². The molecule has 0 spiro atoms. The van der Waals surface area contributed by atoms with E-state index in [-0.39, 0.29) is 0 Å². The van der Waals surface area contributed by atoms with Crippen LogP contribution in [0, 0.1) is 5.41 Å². The topological polar surface area (TPSA) is 38.9 Å². The highest BCUT2D eigenvalue weighted by Crippen LogP contribution is 2.29. The predicted octanol–water partition coefficient (Wildman–Crippen LogP) is 2.56. The molecule has 1 atom stereocenters. The van der Waals surface area contributed by atoms with Crippen molar-refractivity contribution in [3.05, 3.63) is 30.1 Å². The van der Waals surface area contributed by atoms with Crippen LogP contribution in [0.2, 0.25) is 0 Å². The van der Waals surface area contributed by atoms with E-state index in [1.807, 2.05) is 12.4 Å². The molecule has 0 aliphatic heterocycles. The summed E-state index contributed by atoms with van der Waals surface area (Å²) in [6, 6.07) is 4.12. The summed E-state index contributed by atoms with van der Waals surface area (Å²) in [5.74, 6) is 0.456. The number of nitrogens with two attached hydrogens (primary N) is 1. The first-order valence-electron chi connectivity index (χ1n) is 5.13. The van der Waals surface area contributed by atoms with Gasteiger partial charge in [0.2, 0.25) is 0 Å². The van der Waals surface area contributed by atoms with E-state index in [1.165, 1.54) is 5.56 Å². The molecule has 2 nitrogen and oxygen atoms in total. The van der Waals surface area contributed by atoms with Crippen molar-refractivity contribution < 1.29 is 0 Å². The van der Waals surface area contributed by atoms with Gasteiger partial charge in [0.25, 0.3) is 0 Å². The molecule has 1 aromatic rings. The minimum atomic E-state index is 0.327. The standard InChI is InChI=1S/C12H20N2/c1-12(2,3)8-11(9-13)10-4-6-14-7-5-10/h4-7,11H,8-9,13H2,1-3H3/t11-/m0/s1. The third-order valence-corrected chi connectivity index (χ3v) is 2.32. The maximum Gasteiger partial charge on any atom is 0.0270 e. The van der Waals surface area contributed by atoms with Crippen molar-refractivity contribution in [1.82, 2.24) is 4.98 Å². The van der Waals surface area contributed by atoms with E-state index in [1.54, 1.807) is 0 Å². The SMILES string of the molecule is CC(C)(C)C[C@@H](CN)c1ccncc1. The van der Waals surface area contributed by atoms with Gasteiger partial charge in [-0.25, -0.2) is 0 Å². The highest BCUT2D eigenvalue weighted by Gasteiger charge is 2.18. The van der Waals surface area contributed by atoms with Crippen LogP contribution >= 0.6 is 0 Å². The van der Waals surface area contributed by atoms with Crippen LogP contribution in [0.4, 0.5) is 0 Å². The quantitative estimate of drug-likeness (QED) is 0.799. The highest BCUT2D eigenvalue weighted by molar-refractivity contribution is 5.16. The van der Waals surface area contributed by atoms with Crippen LogP contribution in [0.15, 0.2) is 24.5 Å². The molecular formula is C12H20N2. The van der Waals surface area contributed by atoms with Crippen molar-refractivity contribution in [1.29, 1.82) is 0 Å². The summed E-state index contributed by atoms with van der Waals surface area (Å²) >= 11 is 0. The molecule has 0 unspecified atom stereocenters. The van der Waals surface area contributed by atoms with Crippen molar-refractivity contribution >= 4 is 0 Å². The number of pyridine rings is 1. The van der Waals surface area contributed by atoms with Gasteiger partial charge in [0.1, 0.15) is 0 Å². The van der Waals surface area contributed by atoms with Gasteiger partial charge in [-0.15, -0.1) is 0 Å². The van der Waals surface area contributed by atoms with Crippen LogP contribution in [0.3, 0.4) is 0 Å². The van der Waals surface area contributed by atoms with Crippen molar-refractivity contribution in [2.75, 3.05) is 6.54 Å². The Labute approximate surface area is 86.5 Å². The monoisotopic (exact) mass is 192 g/mol. The van der Waals surface area contributed by atoms with E-state index in [0.717, 1.165) is 6.42 Å². The second-order valence-electron chi connectivity index (χ2n) is 4.98. The van der Waals surface area contributed by atoms with E-state index in [4.69, 9.17) is 5.73 Å². The first kappa shape index (κ1) is 11.2. The molecule has 0 saturated heterocycles. The zero-order chi connectivity index (χ0) is 10.6. The van der Waals surface area contributed by atoms with Gasteiger partial charge in [-0.3, -0.25) is 4.98 Å². The summed E-state index contributed by atoms with van der Waals surface area (Å²) in [5, 5.41) is 0. The zero-order valence-corrected chi connectivity index (χ0v) is 9.33. The van der Waals surface area contributed by atoms with E-state index >= 15 is 0 Å². The van der Waals surface area contributed by atoms with E-state index in [9.17, 15) is 0 Å². The molecule has 0 radical (unpaired) electrons. The van der Waals surface area contributed by atoms with Crippen LogP contribution in [-0.4, -0.2) is 11.5 Å². The normalized spacial score (nSPS) is 14.0. The fraction of sp³-hybridized carbons (Fsp3) is 0.583. The molecule has 2 heteroatoms. The largest absolute Gasteiger partial charge is 0.330 e. The second-order valence-corrected chi connectivity index (χ2v) is 4.98.